The fourth-order valence-electron chi connectivity index (χ4n) is 1.96. The van der Waals surface area contributed by atoms with Crippen molar-refractivity contribution in [3.63, 3.8) is 0 Å². The molecule has 1 atom stereocenters. The highest BCUT2D eigenvalue weighted by atomic mass is 19.4. The summed E-state index contributed by atoms with van der Waals surface area (Å²) in [4.78, 5) is 0. The van der Waals surface area contributed by atoms with Crippen LogP contribution in [0.4, 0.5) is 17.6 Å². The molecular formula is C14H12F4O2. The Labute approximate surface area is 113 Å². The van der Waals surface area contributed by atoms with Crippen LogP contribution in [0, 0.1) is 5.82 Å². The Morgan fingerprint density at radius 1 is 1.20 bits per heavy atom. The highest BCUT2D eigenvalue weighted by Gasteiger charge is 2.43. The van der Waals surface area contributed by atoms with E-state index in [1.807, 2.05) is 0 Å². The third kappa shape index (κ3) is 3.26. The van der Waals surface area contributed by atoms with Crippen molar-refractivity contribution in [2.75, 3.05) is 7.11 Å². The predicted molar refractivity (Wildman–Crippen MR) is 65.0 cm³/mol. The standard InChI is InChI=1S/C14H12F4O2/c1-19-13(20-14(16,17)18)8-6-10(7-9-13)11-4-2-3-5-12(11)15/h2-8H,9H2,1H3. The van der Waals surface area contributed by atoms with Gasteiger partial charge in [-0.05, 0) is 17.7 Å². The molecule has 0 bridgehead atoms. The molecule has 1 unspecified atom stereocenters. The molecule has 0 aliphatic heterocycles. The normalized spacial score (nSPS) is 22.8. The van der Waals surface area contributed by atoms with E-state index < -0.39 is 18.0 Å². The van der Waals surface area contributed by atoms with Crippen molar-refractivity contribution < 1.29 is 27.0 Å². The van der Waals surface area contributed by atoms with Gasteiger partial charge in [0, 0.05) is 19.1 Å². The molecule has 0 saturated carbocycles. The molecular weight excluding hydrogens is 276 g/mol. The zero-order chi connectivity index (χ0) is 14.8. The van der Waals surface area contributed by atoms with Gasteiger partial charge in [0.2, 0.25) is 5.79 Å². The fraction of sp³-hybridized carbons (Fsp3) is 0.286. The summed E-state index contributed by atoms with van der Waals surface area (Å²) in [6.07, 6.45) is -1.03. The second-order valence-corrected chi connectivity index (χ2v) is 4.24. The molecule has 0 spiro atoms. The number of hydrogen-bond donors (Lipinski definition) is 0. The lowest BCUT2D eigenvalue weighted by atomic mass is 9.96. The van der Waals surface area contributed by atoms with Crippen molar-refractivity contribution in [3.8, 4) is 0 Å². The van der Waals surface area contributed by atoms with Crippen molar-refractivity contribution in [1.82, 2.24) is 0 Å². The van der Waals surface area contributed by atoms with Crippen molar-refractivity contribution in [3.05, 3.63) is 53.9 Å². The van der Waals surface area contributed by atoms with Gasteiger partial charge in [-0.2, -0.15) is 0 Å². The summed E-state index contributed by atoms with van der Waals surface area (Å²) in [6.45, 7) is 0. The number of ether oxygens (including phenoxy) is 2. The van der Waals surface area contributed by atoms with Gasteiger partial charge in [-0.15, -0.1) is 13.2 Å². The van der Waals surface area contributed by atoms with Gasteiger partial charge in [-0.25, -0.2) is 4.39 Å². The van der Waals surface area contributed by atoms with Gasteiger partial charge in [-0.1, -0.05) is 30.4 Å². The molecule has 2 rings (SSSR count). The van der Waals surface area contributed by atoms with E-state index in [9.17, 15) is 17.6 Å². The average molecular weight is 288 g/mol. The minimum Gasteiger partial charge on any atom is -0.349 e. The lowest BCUT2D eigenvalue weighted by Gasteiger charge is -2.31. The first-order valence-corrected chi connectivity index (χ1v) is 5.82. The lowest BCUT2D eigenvalue weighted by Crippen LogP contribution is -2.38. The molecule has 2 nitrogen and oxygen atoms in total. The van der Waals surface area contributed by atoms with Gasteiger partial charge >= 0.3 is 6.36 Å². The minimum atomic E-state index is -4.82. The molecule has 0 radical (unpaired) electrons. The molecule has 20 heavy (non-hydrogen) atoms. The summed E-state index contributed by atoms with van der Waals surface area (Å²) in [5, 5.41) is 0. The number of hydrogen-bond acceptors (Lipinski definition) is 2. The summed E-state index contributed by atoms with van der Waals surface area (Å²) in [7, 11) is 1.12. The minimum absolute atomic E-state index is 0.164. The predicted octanol–water partition coefficient (Wildman–Crippen LogP) is 4.05. The van der Waals surface area contributed by atoms with Crippen LogP contribution in [0.3, 0.4) is 0 Å². The first-order chi connectivity index (χ1) is 9.35. The summed E-state index contributed by atoms with van der Waals surface area (Å²) in [5.74, 6) is -2.34. The van der Waals surface area contributed by atoms with Crippen LogP contribution >= 0.6 is 0 Å². The molecule has 1 aliphatic carbocycles. The van der Waals surface area contributed by atoms with Crippen LogP contribution in [0.5, 0.6) is 0 Å². The molecule has 6 heteroatoms. The molecule has 0 aromatic heterocycles. The summed E-state index contributed by atoms with van der Waals surface area (Å²) in [5.41, 5.74) is 0.807. The molecule has 0 N–H and O–H groups in total. The van der Waals surface area contributed by atoms with Gasteiger partial charge in [0.25, 0.3) is 0 Å². The van der Waals surface area contributed by atoms with Crippen molar-refractivity contribution >= 4 is 5.57 Å². The van der Waals surface area contributed by atoms with Gasteiger partial charge in [0.05, 0.1) is 0 Å². The van der Waals surface area contributed by atoms with Crippen LogP contribution < -0.4 is 0 Å². The monoisotopic (exact) mass is 288 g/mol. The van der Waals surface area contributed by atoms with E-state index in [-0.39, 0.29) is 6.42 Å². The maximum Gasteiger partial charge on any atom is 0.525 e. The summed E-state index contributed by atoms with van der Waals surface area (Å²) >= 11 is 0. The Balaban J connectivity index is 2.22. The molecule has 0 saturated heterocycles. The fourth-order valence-corrected chi connectivity index (χ4v) is 1.96. The number of allylic oxidation sites excluding steroid dienone is 2. The number of benzene rings is 1. The largest absolute Gasteiger partial charge is 0.525 e. The van der Waals surface area contributed by atoms with Crippen LogP contribution in [0.2, 0.25) is 0 Å². The van der Waals surface area contributed by atoms with Gasteiger partial charge in [0.1, 0.15) is 5.82 Å². The molecule has 0 fully saturated rings. The van der Waals surface area contributed by atoms with Crippen LogP contribution in [-0.4, -0.2) is 19.3 Å². The Bertz CT molecular complexity index is 548. The smallest absolute Gasteiger partial charge is 0.349 e. The van der Waals surface area contributed by atoms with Crippen LogP contribution in [-0.2, 0) is 9.47 Å². The van der Waals surface area contributed by atoms with E-state index in [0.717, 1.165) is 13.2 Å². The van der Waals surface area contributed by atoms with Gasteiger partial charge in [-0.3, -0.25) is 4.74 Å². The van der Waals surface area contributed by atoms with E-state index in [2.05, 4.69) is 4.74 Å². The van der Waals surface area contributed by atoms with Crippen LogP contribution in [0.1, 0.15) is 12.0 Å². The summed E-state index contributed by atoms with van der Waals surface area (Å²) in [6, 6.07) is 6.03. The SMILES string of the molecule is COC1(OC(F)(F)F)C=CC(c2ccccc2F)=CC1. The van der Waals surface area contributed by atoms with E-state index in [0.29, 0.717) is 11.1 Å². The van der Waals surface area contributed by atoms with Gasteiger partial charge < -0.3 is 4.74 Å². The number of alkyl halides is 3. The third-order valence-electron chi connectivity index (χ3n) is 2.94. The van der Waals surface area contributed by atoms with Crippen molar-refractivity contribution in [2.45, 2.75) is 18.6 Å². The first-order valence-electron chi connectivity index (χ1n) is 5.82. The number of halogens is 4. The zero-order valence-electron chi connectivity index (χ0n) is 10.6. The Morgan fingerprint density at radius 2 is 1.90 bits per heavy atom. The molecule has 0 heterocycles. The highest BCUT2D eigenvalue weighted by Crippen LogP contribution is 2.35. The molecule has 1 aromatic rings. The lowest BCUT2D eigenvalue weighted by molar-refractivity contribution is -0.399. The van der Waals surface area contributed by atoms with Crippen molar-refractivity contribution in [1.29, 1.82) is 0 Å². The van der Waals surface area contributed by atoms with E-state index in [1.54, 1.807) is 12.1 Å². The van der Waals surface area contributed by atoms with Crippen LogP contribution in [0.15, 0.2) is 42.5 Å². The second kappa shape index (κ2) is 5.38. The maximum atomic E-state index is 13.6. The molecule has 1 aliphatic rings. The highest BCUT2D eigenvalue weighted by molar-refractivity contribution is 5.75. The zero-order valence-corrected chi connectivity index (χ0v) is 10.6. The topological polar surface area (TPSA) is 18.5 Å². The summed E-state index contributed by atoms with van der Waals surface area (Å²) < 4.78 is 59.4. The first kappa shape index (κ1) is 14.7. The molecule has 108 valence electrons. The van der Waals surface area contributed by atoms with E-state index in [1.165, 1.54) is 24.3 Å². The maximum absolute atomic E-state index is 13.6. The quantitative estimate of drug-likeness (QED) is 0.617. The van der Waals surface area contributed by atoms with E-state index >= 15 is 0 Å². The number of rotatable bonds is 3. The Kier molecular flexibility index (Phi) is 3.96. The number of methoxy groups -OCH3 is 1. The third-order valence-corrected chi connectivity index (χ3v) is 2.94. The van der Waals surface area contributed by atoms with Gasteiger partial charge in [0.15, 0.2) is 0 Å². The van der Waals surface area contributed by atoms with Crippen LogP contribution in [0.25, 0.3) is 5.57 Å². The average Bonchev–Trinajstić information content (AvgIpc) is 2.39. The second-order valence-electron chi connectivity index (χ2n) is 4.24. The Morgan fingerprint density at radius 3 is 2.40 bits per heavy atom. The molecule has 0 amide bonds. The molecule has 1 aromatic carbocycles. The van der Waals surface area contributed by atoms with Crippen molar-refractivity contribution in [2.24, 2.45) is 0 Å². The Hall–Kier alpha value is -1.66. The van der Waals surface area contributed by atoms with E-state index in [4.69, 9.17) is 4.74 Å².